The zero-order valence-corrected chi connectivity index (χ0v) is 14.5. The predicted molar refractivity (Wildman–Crippen MR) is 89.9 cm³/mol. The zero-order valence-electron chi connectivity index (χ0n) is 13.7. The van der Waals surface area contributed by atoms with Gasteiger partial charge in [0.25, 0.3) is 11.7 Å². The quantitative estimate of drug-likeness (QED) is 0.694. The summed E-state index contributed by atoms with van der Waals surface area (Å²) < 4.78 is 1.72. The van der Waals surface area contributed by atoms with E-state index < -0.39 is 0 Å². The molecule has 1 saturated heterocycles. The third-order valence-electron chi connectivity index (χ3n) is 3.27. The largest absolute Gasteiger partial charge is 0.355 e. The summed E-state index contributed by atoms with van der Waals surface area (Å²) >= 11 is 1.29. The maximum absolute atomic E-state index is 12.1. The minimum Gasteiger partial charge on any atom is -0.355 e. The van der Waals surface area contributed by atoms with Crippen LogP contribution >= 0.6 is 11.8 Å². The Balaban J connectivity index is 1.81. The fourth-order valence-corrected chi connectivity index (χ4v) is 3.03. The molecule has 0 atom stereocenters. The van der Waals surface area contributed by atoms with E-state index in [9.17, 15) is 4.79 Å². The molecule has 1 fully saturated rings. The van der Waals surface area contributed by atoms with Crippen molar-refractivity contribution in [1.82, 2.24) is 29.6 Å². The van der Waals surface area contributed by atoms with Crippen LogP contribution in [-0.2, 0) is 9.63 Å². The third-order valence-corrected chi connectivity index (χ3v) is 4.18. The van der Waals surface area contributed by atoms with Crippen LogP contribution in [0.3, 0.4) is 0 Å². The highest BCUT2D eigenvalue weighted by molar-refractivity contribution is 7.99. The van der Waals surface area contributed by atoms with Crippen molar-refractivity contribution in [1.29, 1.82) is 0 Å². The molecule has 3 heterocycles. The smallest absolute Gasteiger partial charge is 0.261 e. The molecule has 2 aromatic rings. The molecule has 130 valence electrons. The van der Waals surface area contributed by atoms with E-state index in [4.69, 9.17) is 4.84 Å². The summed E-state index contributed by atoms with van der Waals surface area (Å²) in [7, 11) is 0. The SMILES string of the molecule is CCNc1nc(NCC)n2c(SCC(=O)N3CCCO3)nnc2n1. The first-order valence-corrected chi connectivity index (χ1v) is 8.88. The van der Waals surface area contributed by atoms with E-state index >= 15 is 0 Å². The number of rotatable bonds is 7. The number of anilines is 2. The van der Waals surface area contributed by atoms with Crippen molar-refractivity contribution in [2.45, 2.75) is 25.4 Å². The molecule has 0 radical (unpaired) electrons. The minimum absolute atomic E-state index is 0.0792. The number of hydroxylamine groups is 2. The lowest BCUT2D eigenvalue weighted by Crippen LogP contribution is -2.28. The summed E-state index contributed by atoms with van der Waals surface area (Å²) in [6, 6.07) is 0. The zero-order chi connectivity index (χ0) is 16.9. The molecule has 2 aromatic heterocycles. The van der Waals surface area contributed by atoms with Crippen LogP contribution in [0, 0.1) is 0 Å². The molecule has 10 nitrogen and oxygen atoms in total. The van der Waals surface area contributed by atoms with Gasteiger partial charge in [0.1, 0.15) is 0 Å². The first-order valence-electron chi connectivity index (χ1n) is 7.90. The van der Waals surface area contributed by atoms with Crippen molar-refractivity contribution < 1.29 is 9.63 Å². The van der Waals surface area contributed by atoms with Gasteiger partial charge < -0.3 is 10.6 Å². The molecule has 11 heteroatoms. The second-order valence-corrected chi connectivity index (χ2v) is 5.96. The van der Waals surface area contributed by atoms with E-state index in [1.54, 1.807) is 4.40 Å². The Labute approximate surface area is 143 Å². The number of amides is 1. The van der Waals surface area contributed by atoms with E-state index in [-0.39, 0.29) is 11.7 Å². The molecule has 1 aliphatic rings. The Hall–Kier alpha value is -2.14. The first kappa shape index (κ1) is 16.7. The summed E-state index contributed by atoms with van der Waals surface area (Å²) in [5.41, 5.74) is 0. The molecule has 3 rings (SSSR count). The maximum atomic E-state index is 12.1. The van der Waals surface area contributed by atoms with Gasteiger partial charge in [0, 0.05) is 13.1 Å². The van der Waals surface area contributed by atoms with Crippen molar-refractivity contribution in [2.24, 2.45) is 0 Å². The van der Waals surface area contributed by atoms with Crippen LogP contribution < -0.4 is 10.6 Å². The fourth-order valence-electron chi connectivity index (χ4n) is 2.24. The average molecular weight is 352 g/mol. The summed E-state index contributed by atoms with van der Waals surface area (Å²) in [6.07, 6.45) is 0.871. The van der Waals surface area contributed by atoms with Crippen molar-refractivity contribution in [3.63, 3.8) is 0 Å². The number of thioether (sulfide) groups is 1. The number of hydrogen-bond acceptors (Lipinski definition) is 9. The highest BCUT2D eigenvalue weighted by Crippen LogP contribution is 2.21. The molecule has 1 amide bonds. The van der Waals surface area contributed by atoms with Gasteiger partial charge in [-0.3, -0.25) is 9.63 Å². The average Bonchev–Trinajstić information content (AvgIpc) is 3.23. The molecular weight excluding hydrogens is 332 g/mol. The minimum atomic E-state index is -0.0792. The molecule has 0 aromatic carbocycles. The molecule has 24 heavy (non-hydrogen) atoms. The van der Waals surface area contributed by atoms with Crippen LogP contribution in [0.25, 0.3) is 5.78 Å². The Morgan fingerprint density at radius 3 is 2.79 bits per heavy atom. The molecule has 0 aliphatic carbocycles. The number of hydrogen-bond donors (Lipinski definition) is 2. The van der Waals surface area contributed by atoms with Crippen LogP contribution in [0.1, 0.15) is 20.3 Å². The lowest BCUT2D eigenvalue weighted by Gasteiger charge is -2.13. The molecule has 0 unspecified atom stereocenters. The van der Waals surface area contributed by atoms with Gasteiger partial charge in [-0.2, -0.15) is 9.97 Å². The van der Waals surface area contributed by atoms with Crippen LogP contribution in [0.4, 0.5) is 11.9 Å². The highest BCUT2D eigenvalue weighted by Gasteiger charge is 2.21. The van der Waals surface area contributed by atoms with Gasteiger partial charge in [-0.1, -0.05) is 11.8 Å². The molecule has 1 aliphatic heterocycles. The van der Waals surface area contributed by atoms with Gasteiger partial charge in [0.05, 0.1) is 18.9 Å². The molecule has 0 bridgehead atoms. The van der Waals surface area contributed by atoms with Crippen molar-refractivity contribution in [3.8, 4) is 0 Å². The lowest BCUT2D eigenvalue weighted by molar-refractivity contribution is -0.165. The van der Waals surface area contributed by atoms with Crippen molar-refractivity contribution in [3.05, 3.63) is 0 Å². The van der Waals surface area contributed by atoms with Gasteiger partial charge in [-0.25, -0.2) is 9.46 Å². The van der Waals surface area contributed by atoms with E-state index in [2.05, 4.69) is 30.8 Å². The van der Waals surface area contributed by atoms with Gasteiger partial charge in [0.15, 0.2) is 5.16 Å². The van der Waals surface area contributed by atoms with Gasteiger partial charge in [-0.15, -0.1) is 10.2 Å². The monoisotopic (exact) mass is 352 g/mol. The second-order valence-electron chi connectivity index (χ2n) is 5.02. The van der Waals surface area contributed by atoms with E-state index in [0.717, 1.165) is 6.42 Å². The van der Waals surface area contributed by atoms with Gasteiger partial charge in [-0.05, 0) is 20.3 Å². The van der Waals surface area contributed by atoms with Crippen molar-refractivity contribution in [2.75, 3.05) is 42.6 Å². The molecular formula is C13H20N8O2S. The number of carbonyl (C=O) groups excluding carboxylic acids is 1. The van der Waals surface area contributed by atoms with Gasteiger partial charge in [0.2, 0.25) is 11.9 Å². The van der Waals surface area contributed by atoms with E-state index in [1.807, 2.05) is 13.8 Å². The summed E-state index contributed by atoms with van der Waals surface area (Å²) in [6.45, 7) is 6.58. The van der Waals surface area contributed by atoms with E-state index in [0.29, 0.717) is 49.1 Å². The second kappa shape index (κ2) is 7.62. The highest BCUT2D eigenvalue weighted by atomic mass is 32.2. The van der Waals surface area contributed by atoms with Crippen LogP contribution in [0.15, 0.2) is 5.16 Å². The van der Waals surface area contributed by atoms with Crippen LogP contribution in [0.5, 0.6) is 0 Å². The Kier molecular flexibility index (Phi) is 5.30. The fraction of sp³-hybridized carbons (Fsp3) is 0.615. The summed E-state index contributed by atoms with van der Waals surface area (Å²) in [5, 5.41) is 16.4. The molecule has 0 saturated carbocycles. The number of carbonyl (C=O) groups is 1. The summed E-state index contributed by atoms with van der Waals surface area (Å²) in [5.74, 6) is 1.66. The maximum Gasteiger partial charge on any atom is 0.261 e. The topological polar surface area (TPSA) is 110 Å². The lowest BCUT2D eigenvalue weighted by atomic mass is 10.5. The van der Waals surface area contributed by atoms with Gasteiger partial charge >= 0.3 is 0 Å². The first-order chi connectivity index (χ1) is 11.7. The Bertz CT molecular complexity index is 715. The summed E-state index contributed by atoms with van der Waals surface area (Å²) in [4.78, 5) is 26.1. The predicted octanol–water partition coefficient (Wildman–Crippen LogP) is 0.639. The van der Waals surface area contributed by atoms with E-state index in [1.165, 1.54) is 16.8 Å². The Morgan fingerprint density at radius 1 is 1.25 bits per heavy atom. The van der Waals surface area contributed by atoms with Crippen LogP contribution in [-0.4, -0.2) is 67.5 Å². The Morgan fingerprint density at radius 2 is 2.08 bits per heavy atom. The molecule has 2 N–H and O–H groups in total. The van der Waals surface area contributed by atoms with Crippen LogP contribution in [0.2, 0.25) is 0 Å². The third kappa shape index (κ3) is 3.51. The number of fused-ring (bicyclic) bond motifs is 1. The number of nitrogens with zero attached hydrogens (tertiary/aromatic N) is 6. The number of aromatic nitrogens is 5. The van der Waals surface area contributed by atoms with Crippen molar-refractivity contribution >= 4 is 35.3 Å². The molecule has 0 spiro atoms. The standard InChI is InChI=1S/C13H20N8O2S/c1-3-14-10-16-11(15-4-2)21-12(17-10)18-19-13(21)24-8-9(22)20-6-5-7-23-20/h3-8H2,1-2H3,(H2,14,15,16,17,18). The number of nitrogens with one attached hydrogen (secondary N) is 2. The normalized spacial score (nSPS) is 14.3.